The highest BCUT2D eigenvalue weighted by Gasteiger charge is 2.15. The molecule has 0 bridgehead atoms. The lowest BCUT2D eigenvalue weighted by molar-refractivity contribution is 0.0600. The summed E-state index contributed by atoms with van der Waals surface area (Å²) in [5.74, 6) is -0.505. The van der Waals surface area contributed by atoms with E-state index in [1.807, 2.05) is 19.1 Å². The van der Waals surface area contributed by atoms with Gasteiger partial charge in [0.05, 0.1) is 24.0 Å². The molecule has 2 rings (SSSR count). The van der Waals surface area contributed by atoms with Crippen molar-refractivity contribution >= 4 is 28.2 Å². The zero-order valence-electron chi connectivity index (χ0n) is 12.6. The van der Waals surface area contributed by atoms with Gasteiger partial charge in [0.2, 0.25) is 10.9 Å². The van der Waals surface area contributed by atoms with Crippen LogP contribution in [0.1, 0.15) is 21.5 Å². The summed E-state index contributed by atoms with van der Waals surface area (Å²) in [6, 6.07) is 12.0. The normalized spacial score (nSPS) is 10.5. The van der Waals surface area contributed by atoms with E-state index in [2.05, 4.69) is 0 Å². The third-order valence-electron chi connectivity index (χ3n) is 3.17. The predicted molar refractivity (Wildman–Crippen MR) is 86.2 cm³/mol. The molecule has 0 saturated carbocycles. The number of rotatable bonds is 4. The molecule has 0 aliphatic rings. The third kappa shape index (κ3) is 3.46. The standard InChI is InChI=1S/C16H17NO4S/c1-11-4-6-14(7-5-11)17(22(19)20)15-9-12(2)8-13(10-15)16(18)21-3/h4-10,22H,1-3H3. The van der Waals surface area contributed by atoms with Crippen LogP contribution in [0.25, 0.3) is 0 Å². The Morgan fingerprint density at radius 1 is 0.955 bits per heavy atom. The van der Waals surface area contributed by atoms with E-state index < -0.39 is 16.9 Å². The van der Waals surface area contributed by atoms with Crippen LogP contribution in [-0.4, -0.2) is 21.5 Å². The number of hydrogen-bond donors (Lipinski definition) is 1. The van der Waals surface area contributed by atoms with Gasteiger partial charge in [-0.15, -0.1) is 0 Å². The SMILES string of the molecule is COC(=O)c1cc(C)cc(N(c2ccc(C)cc2)[SH](=O)=O)c1. The molecule has 2 aromatic rings. The Hall–Kier alpha value is -2.34. The fraction of sp³-hybridized carbons (Fsp3) is 0.188. The molecule has 0 aromatic heterocycles. The van der Waals surface area contributed by atoms with E-state index >= 15 is 0 Å². The number of esters is 1. The Kier molecular flexibility index (Phi) is 4.82. The second-order valence-electron chi connectivity index (χ2n) is 4.93. The molecular weight excluding hydrogens is 302 g/mol. The summed E-state index contributed by atoms with van der Waals surface area (Å²) >= 11 is 0. The van der Waals surface area contributed by atoms with E-state index in [4.69, 9.17) is 4.74 Å². The van der Waals surface area contributed by atoms with E-state index in [0.717, 1.165) is 11.1 Å². The van der Waals surface area contributed by atoms with Crippen molar-refractivity contribution in [3.8, 4) is 0 Å². The molecule has 0 aliphatic carbocycles. The Morgan fingerprint density at radius 2 is 1.59 bits per heavy atom. The largest absolute Gasteiger partial charge is 0.465 e. The molecule has 0 atom stereocenters. The zero-order chi connectivity index (χ0) is 16.3. The smallest absolute Gasteiger partial charge is 0.337 e. The van der Waals surface area contributed by atoms with Crippen molar-refractivity contribution in [2.45, 2.75) is 13.8 Å². The predicted octanol–water partition coefficient (Wildman–Crippen LogP) is 2.75. The molecule has 0 heterocycles. The minimum absolute atomic E-state index is 0.312. The average Bonchev–Trinajstić information content (AvgIpc) is 2.47. The minimum atomic E-state index is -2.89. The van der Waals surface area contributed by atoms with Crippen LogP contribution >= 0.6 is 0 Å². The topological polar surface area (TPSA) is 63.7 Å². The second kappa shape index (κ2) is 6.62. The highest BCUT2D eigenvalue weighted by atomic mass is 32.2. The van der Waals surface area contributed by atoms with Gasteiger partial charge in [-0.05, 0) is 49.7 Å². The number of methoxy groups -OCH3 is 1. The van der Waals surface area contributed by atoms with E-state index in [9.17, 15) is 13.2 Å². The molecule has 5 nitrogen and oxygen atoms in total. The van der Waals surface area contributed by atoms with Crippen LogP contribution in [0.2, 0.25) is 0 Å². The van der Waals surface area contributed by atoms with Gasteiger partial charge in [0.25, 0.3) is 0 Å². The lowest BCUT2D eigenvalue weighted by Crippen LogP contribution is -2.15. The van der Waals surface area contributed by atoms with E-state index in [1.54, 1.807) is 31.2 Å². The van der Waals surface area contributed by atoms with Crippen molar-refractivity contribution in [1.29, 1.82) is 0 Å². The molecule has 0 spiro atoms. The number of benzene rings is 2. The summed E-state index contributed by atoms with van der Waals surface area (Å²) in [5.41, 5.74) is 3.03. The monoisotopic (exact) mass is 319 g/mol. The summed E-state index contributed by atoms with van der Waals surface area (Å²) in [5, 5.41) is 0. The molecule has 0 aliphatic heterocycles. The number of thiol groups is 1. The summed E-state index contributed by atoms with van der Waals surface area (Å²) in [7, 11) is -1.61. The van der Waals surface area contributed by atoms with Crippen molar-refractivity contribution in [2.75, 3.05) is 11.4 Å². The third-order valence-corrected chi connectivity index (χ3v) is 3.96. The maximum Gasteiger partial charge on any atom is 0.337 e. The highest BCUT2D eigenvalue weighted by molar-refractivity contribution is 7.74. The number of anilines is 2. The van der Waals surface area contributed by atoms with Gasteiger partial charge >= 0.3 is 5.97 Å². The van der Waals surface area contributed by atoms with E-state index in [1.165, 1.54) is 17.5 Å². The van der Waals surface area contributed by atoms with Gasteiger partial charge in [0, 0.05) is 0 Å². The number of aryl methyl sites for hydroxylation is 2. The number of carbonyl (C=O) groups excluding carboxylic acids is 1. The fourth-order valence-corrected chi connectivity index (χ4v) is 2.77. The van der Waals surface area contributed by atoms with Crippen LogP contribution in [-0.2, 0) is 15.6 Å². The number of nitrogens with zero attached hydrogens (tertiary/aromatic N) is 1. The van der Waals surface area contributed by atoms with Crippen LogP contribution in [0.15, 0.2) is 42.5 Å². The molecule has 0 unspecified atom stereocenters. The van der Waals surface area contributed by atoms with E-state index in [-0.39, 0.29) is 0 Å². The minimum Gasteiger partial charge on any atom is -0.465 e. The van der Waals surface area contributed by atoms with Crippen LogP contribution in [0.3, 0.4) is 0 Å². The van der Waals surface area contributed by atoms with Crippen LogP contribution in [0.4, 0.5) is 11.4 Å². The first kappa shape index (κ1) is 16.0. The Bertz CT molecular complexity index is 758. The van der Waals surface area contributed by atoms with Crippen LogP contribution < -0.4 is 4.31 Å². The molecule has 0 amide bonds. The van der Waals surface area contributed by atoms with Crippen molar-refractivity contribution < 1.29 is 17.9 Å². The first-order chi connectivity index (χ1) is 10.4. The fourth-order valence-electron chi connectivity index (χ4n) is 2.14. The van der Waals surface area contributed by atoms with Gasteiger partial charge in [-0.3, -0.25) is 0 Å². The Balaban J connectivity index is 2.56. The Morgan fingerprint density at radius 3 is 2.14 bits per heavy atom. The lowest BCUT2D eigenvalue weighted by Gasteiger charge is -2.19. The van der Waals surface area contributed by atoms with Gasteiger partial charge in [0.1, 0.15) is 0 Å². The maximum absolute atomic E-state index is 11.7. The van der Waals surface area contributed by atoms with Gasteiger partial charge in [-0.1, -0.05) is 17.7 Å². The van der Waals surface area contributed by atoms with Crippen LogP contribution in [0, 0.1) is 13.8 Å². The zero-order valence-corrected chi connectivity index (χ0v) is 13.5. The summed E-state index contributed by atoms with van der Waals surface area (Å²) < 4.78 is 29.3. The maximum atomic E-state index is 11.7. The number of carbonyl (C=O) groups is 1. The molecule has 116 valence electrons. The van der Waals surface area contributed by atoms with Crippen molar-refractivity contribution in [3.05, 3.63) is 59.2 Å². The quantitative estimate of drug-likeness (QED) is 0.695. The van der Waals surface area contributed by atoms with Gasteiger partial charge < -0.3 is 4.74 Å². The molecule has 2 aromatic carbocycles. The van der Waals surface area contributed by atoms with Gasteiger partial charge in [0.15, 0.2) is 0 Å². The molecule has 22 heavy (non-hydrogen) atoms. The number of ether oxygens (including phenoxy) is 1. The molecule has 0 saturated heterocycles. The molecule has 0 fully saturated rings. The highest BCUT2D eigenvalue weighted by Crippen LogP contribution is 2.28. The lowest BCUT2D eigenvalue weighted by atomic mass is 10.1. The molecule has 6 heteroatoms. The number of hydrogen-bond acceptors (Lipinski definition) is 4. The van der Waals surface area contributed by atoms with Gasteiger partial charge in [-0.2, -0.15) is 0 Å². The summed E-state index contributed by atoms with van der Waals surface area (Å²) in [6.07, 6.45) is 0. The average molecular weight is 319 g/mol. The molecular formula is C16H17NO4S. The first-order valence-electron chi connectivity index (χ1n) is 6.63. The molecule has 0 N–H and O–H groups in total. The Labute approximate surface area is 131 Å². The summed E-state index contributed by atoms with van der Waals surface area (Å²) in [6.45, 7) is 3.72. The van der Waals surface area contributed by atoms with Crippen molar-refractivity contribution in [3.63, 3.8) is 0 Å². The second-order valence-corrected chi connectivity index (χ2v) is 5.81. The first-order valence-corrected chi connectivity index (χ1v) is 7.76. The van der Waals surface area contributed by atoms with Gasteiger partial charge in [-0.25, -0.2) is 17.5 Å². The summed E-state index contributed by atoms with van der Waals surface area (Å²) in [4.78, 5) is 11.7. The molecule has 0 radical (unpaired) electrons. The van der Waals surface area contributed by atoms with Crippen LogP contribution in [0.5, 0.6) is 0 Å². The van der Waals surface area contributed by atoms with E-state index in [0.29, 0.717) is 16.9 Å². The van der Waals surface area contributed by atoms with Crippen molar-refractivity contribution in [1.82, 2.24) is 0 Å². The van der Waals surface area contributed by atoms with Crippen molar-refractivity contribution in [2.24, 2.45) is 0 Å².